The highest BCUT2D eigenvalue weighted by Crippen LogP contribution is 2.44. The minimum Gasteiger partial charge on any atom is -0.392 e. The molecule has 0 bridgehead atoms. The number of aliphatic hydroxyl groups excluding tert-OH is 1. The predicted molar refractivity (Wildman–Crippen MR) is 45.4 cm³/mol. The summed E-state index contributed by atoms with van der Waals surface area (Å²) < 4.78 is 0. The number of rotatable bonds is 1. The van der Waals surface area contributed by atoms with E-state index in [4.69, 9.17) is 5.11 Å². The van der Waals surface area contributed by atoms with Crippen molar-refractivity contribution in [3.8, 4) is 0 Å². The van der Waals surface area contributed by atoms with Gasteiger partial charge in [0.15, 0.2) is 0 Å². The Morgan fingerprint density at radius 1 is 1.33 bits per heavy atom. The van der Waals surface area contributed by atoms with E-state index in [0.717, 1.165) is 0 Å². The molecule has 0 aliphatic heterocycles. The maximum atomic E-state index is 8.70. The first kappa shape index (κ1) is 12.2. The summed E-state index contributed by atoms with van der Waals surface area (Å²) in [4.78, 5) is 0. The van der Waals surface area contributed by atoms with E-state index >= 15 is 0 Å². The van der Waals surface area contributed by atoms with Crippen molar-refractivity contribution in [3.05, 3.63) is 0 Å². The minimum atomic E-state index is -0.164. The first-order valence-corrected chi connectivity index (χ1v) is 4.78. The summed E-state index contributed by atoms with van der Waals surface area (Å²) in [5.74, 6) is 0. The molecule has 0 heterocycles. The van der Waals surface area contributed by atoms with Crippen LogP contribution in [0.5, 0.6) is 0 Å². The van der Waals surface area contributed by atoms with Crippen LogP contribution in [0.4, 0.5) is 0 Å². The van der Waals surface area contributed by atoms with Crippen molar-refractivity contribution in [2.75, 3.05) is 13.0 Å². The standard InChI is InChI=1S/C6H15OP.B/c1-6(2,3)8(4)5-7;/h7H,5H2,1-4H3;. The Balaban J connectivity index is 0. The second-order valence-electron chi connectivity index (χ2n) is 3.01. The highest BCUT2D eigenvalue weighted by molar-refractivity contribution is 7.58. The average molecular weight is 145 g/mol. The van der Waals surface area contributed by atoms with Crippen LogP contribution in [0.1, 0.15) is 20.8 Å². The highest BCUT2D eigenvalue weighted by atomic mass is 31.1. The molecule has 3 radical (unpaired) electrons. The van der Waals surface area contributed by atoms with Crippen molar-refractivity contribution in [1.29, 1.82) is 0 Å². The fraction of sp³-hybridized carbons (Fsp3) is 1.00. The number of hydrogen-bond donors (Lipinski definition) is 1. The summed E-state index contributed by atoms with van der Waals surface area (Å²) in [5, 5.41) is 9.02. The Kier molecular flexibility index (Phi) is 5.81. The lowest BCUT2D eigenvalue weighted by molar-refractivity contribution is 0.367. The van der Waals surface area contributed by atoms with Crippen molar-refractivity contribution in [3.63, 3.8) is 0 Å². The molecule has 0 fully saturated rings. The molecular formula is C6H15BOP. The SMILES string of the molecule is CP(CO)C(C)(C)C.[B]. The van der Waals surface area contributed by atoms with Crippen LogP contribution in [0.25, 0.3) is 0 Å². The van der Waals surface area contributed by atoms with Crippen molar-refractivity contribution in [2.45, 2.75) is 25.9 Å². The zero-order valence-corrected chi connectivity index (χ0v) is 7.57. The monoisotopic (exact) mass is 145 g/mol. The lowest BCUT2D eigenvalue weighted by Gasteiger charge is -2.25. The largest absolute Gasteiger partial charge is 0.392 e. The molecule has 0 amide bonds. The van der Waals surface area contributed by atoms with E-state index in [0.29, 0.717) is 11.5 Å². The van der Waals surface area contributed by atoms with E-state index in [2.05, 4.69) is 27.4 Å². The second-order valence-corrected chi connectivity index (χ2v) is 6.03. The van der Waals surface area contributed by atoms with E-state index in [9.17, 15) is 0 Å². The van der Waals surface area contributed by atoms with E-state index in [1.165, 1.54) is 0 Å². The van der Waals surface area contributed by atoms with Gasteiger partial charge in [-0.1, -0.05) is 28.7 Å². The van der Waals surface area contributed by atoms with Crippen LogP contribution in [0.2, 0.25) is 0 Å². The molecule has 1 nitrogen and oxygen atoms in total. The van der Waals surface area contributed by atoms with Gasteiger partial charge in [0.05, 0.1) is 6.35 Å². The number of aliphatic hydroxyl groups is 1. The van der Waals surface area contributed by atoms with Gasteiger partial charge in [0.1, 0.15) is 0 Å². The van der Waals surface area contributed by atoms with Crippen LogP contribution in [0.15, 0.2) is 0 Å². The van der Waals surface area contributed by atoms with Gasteiger partial charge in [0, 0.05) is 8.41 Å². The quantitative estimate of drug-likeness (QED) is 0.437. The van der Waals surface area contributed by atoms with Crippen LogP contribution >= 0.6 is 7.92 Å². The van der Waals surface area contributed by atoms with E-state index in [1.54, 1.807) is 0 Å². The van der Waals surface area contributed by atoms with Crippen molar-refractivity contribution < 1.29 is 5.11 Å². The van der Waals surface area contributed by atoms with Crippen LogP contribution < -0.4 is 0 Å². The Labute approximate surface area is 61.2 Å². The third-order valence-corrected chi connectivity index (χ3v) is 4.07. The summed E-state index contributed by atoms with van der Waals surface area (Å²) in [7, 11) is -0.164. The van der Waals surface area contributed by atoms with Crippen molar-refractivity contribution >= 4 is 16.3 Å². The summed E-state index contributed by atoms with van der Waals surface area (Å²) in [6.45, 7) is 8.61. The lowest BCUT2D eigenvalue weighted by atomic mass is 10.3. The van der Waals surface area contributed by atoms with Crippen LogP contribution in [-0.4, -0.2) is 31.7 Å². The second kappa shape index (κ2) is 4.30. The molecule has 0 aromatic rings. The van der Waals surface area contributed by atoms with E-state index in [1.807, 2.05) is 0 Å². The Hall–Kier alpha value is 0.455. The molecule has 53 valence electrons. The Bertz CT molecular complexity index is 69.9. The summed E-state index contributed by atoms with van der Waals surface area (Å²) in [6, 6.07) is 0. The molecule has 0 saturated carbocycles. The lowest BCUT2D eigenvalue weighted by Crippen LogP contribution is -2.11. The predicted octanol–water partition coefficient (Wildman–Crippen LogP) is 1.47. The molecule has 0 aromatic heterocycles. The first-order valence-electron chi connectivity index (χ1n) is 2.80. The molecule has 0 aromatic carbocycles. The molecule has 0 spiro atoms. The summed E-state index contributed by atoms with van der Waals surface area (Å²) in [5.41, 5.74) is 0. The maximum Gasteiger partial charge on any atom is 0.0626 e. The molecule has 0 aliphatic carbocycles. The molecule has 1 atom stereocenters. The van der Waals surface area contributed by atoms with Gasteiger partial charge >= 0.3 is 0 Å². The molecule has 3 heteroatoms. The topological polar surface area (TPSA) is 20.2 Å². The van der Waals surface area contributed by atoms with Gasteiger partial charge in [0.2, 0.25) is 0 Å². The number of hydrogen-bond acceptors (Lipinski definition) is 1. The highest BCUT2D eigenvalue weighted by Gasteiger charge is 2.17. The van der Waals surface area contributed by atoms with Crippen LogP contribution in [-0.2, 0) is 0 Å². The van der Waals surface area contributed by atoms with Gasteiger partial charge in [0.25, 0.3) is 0 Å². The van der Waals surface area contributed by atoms with Gasteiger partial charge in [-0.2, -0.15) is 0 Å². The summed E-state index contributed by atoms with van der Waals surface area (Å²) >= 11 is 0. The Morgan fingerprint density at radius 3 is 1.67 bits per heavy atom. The molecule has 0 rings (SSSR count). The molecule has 1 unspecified atom stereocenters. The maximum absolute atomic E-state index is 8.70. The zero-order valence-electron chi connectivity index (χ0n) is 6.68. The summed E-state index contributed by atoms with van der Waals surface area (Å²) in [6.07, 6.45) is 0.360. The normalized spacial score (nSPS) is 14.3. The van der Waals surface area contributed by atoms with Crippen LogP contribution in [0.3, 0.4) is 0 Å². The van der Waals surface area contributed by atoms with Gasteiger partial charge in [-0.25, -0.2) is 0 Å². The van der Waals surface area contributed by atoms with Gasteiger partial charge in [-0.15, -0.1) is 0 Å². The van der Waals surface area contributed by atoms with Crippen LogP contribution in [0, 0.1) is 0 Å². The van der Waals surface area contributed by atoms with Crippen molar-refractivity contribution in [2.24, 2.45) is 0 Å². The molecule has 0 saturated heterocycles. The average Bonchev–Trinajstić information content (AvgIpc) is 1.62. The molecule has 9 heavy (non-hydrogen) atoms. The molecule has 0 aliphatic rings. The molecular weight excluding hydrogens is 130 g/mol. The molecule has 1 N–H and O–H groups in total. The van der Waals surface area contributed by atoms with E-state index < -0.39 is 0 Å². The Morgan fingerprint density at radius 2 is 1.67 bits per heavy atom. The van der Waals surface area contributed by atoms with Gasteiger partial charge in [-0.05, 0) is 11.8 Å². The minimum absolute atomic E-state index is 0. The zero-order chi connectivity index (χ0) is 6.78. The smallest absolute Gasteiger partial charge is 0.0626 e. The third-order valence-electron chi connectivity index (χ3n) is 1.36. The fourth-order valence-electron chi connectivity index (χ4n) is 0.212. The van der Waals surface area contributed by atoms with E-state index in [-0.39, 0.29) is 16.3 Å². The fourth-order valence-corrected chi connectivity index (χ4v) is 0.636. The van der Waals surface area contributed by atoms with Crippen molar-refractivity contribution in [1.82, 2.24) is 0 Å². The third kappa shape index (κ3) is 4.93. The first-order chi connectivity index (χ1) is 3.48. The van der Waals surface area contributed by atoms with Gasteiger partial charge in [-0.3, -0.25) is 0 Å². The van der Waals surface area contributed by atoms with Gasteiger partial charge < -0.3 is 5.11 Å².